The minimum Gasteiger partial charge on any atom is -0.492 e. The fourth-order valence-electron chi connectivity index (χ4n) is 4.63. The summed E-state index contributed by atoms with van der Waals surface area (Å²) >= 11 is 6.19. The first kappa shape index (κ1) is 27.8. The Morgan fingerprint density at radius 3 is 2.22 bits per heavy atom. The molecular weight excluding hydrogens is 538 g/mol. The molecule has 2 fully saturated rings. The lowest BCUT2D eigenvalue weighted by Crippen LogP contribution is -2.45. The van der Waals surface area contributed by atoms with Gasteiger partial charge in [0.2, 0.25) is 26.0 Å². The molecule has 1 atom stereocenters. The minimum atomic E-state index is -3.82. The molecule has 202 valence electrons. The van der Waals surface area contributed by atoms with E-state index in [1.54, 1.807) is 24.3 Å². The number of hydrogen-bond acceptors (Lipinski definition) is 6. The maximum atomic E-state index is 13.2. The monoisotopic (exact) mass is 569 g/mol. The molecule has 0 unspecified atom stereocenters. The molecule has 0 aromatic heterocycles. The predicted molar refractivity (Wildman–Crippen MR) is 140 cm³/mol. The van der Waals surface area contributed by atoms with Crippen molar-refractivity contribution in [3.63, 3.8) is 0 Å². The highest BCUT2D eigenvalue weighted by molar-refractivity contribution is 7.89. The van der Waals surface area contributed by atoms with Gasteiger partial charge in [-0.3, -0.25) is 4.79 Å². The highest BCUT2D eigenvalue weighted by Gasteiger charge is 2.33. The fraction of sp³-hybridized carbons (Fsp3) is 0.480. The number of nitrogens with one attached hydrogen (secondary N) is 1. The van der Waals surface area contributed by atoms with Gasteiger partial charge in [-0.25, -0.2) is 16.8 Å². The molecule has 0 radical (unpaired) electrons. The molecular formula is C25H32ClN3O6S2. The Bertz CT molecular complexity index is 1330. The summed E-state index contributed by atoms with van der Waals surface area (Å²) in [5.41, 5.74) is 0.762. The fourth-order valence-corrected chi connectivity index (χ4v) is 8.00. The van der Waals surface area contributed by atoms with Gasteiger partial charge in [0, 0.05) is 32.7 Å². The van der Waals surface area contributed by atoms with Gasteiger partial charge in [-0.1, -0.05) is 23.7 Å². The van der Waals surface area contributed by atoms with Crippen molar-refractivity contribution in [1.29, 1.82) is 0 Å². The van der Waals surface area contributed by atoms with Crippen molar-refractivity contribution < 1.29 is 26.4 Å². The SMILES string of the molecule is CCOc1ccc(S(=O)(=O)N2CCC[C@H](C(=O)NCc3ccc(S(=O)(=O)N4CCCC4)cc3)C2)cc1Cl. The molecule has 9 nitrogen and oxygen atoms in total. The summed E-state index contributed by atoms with van der Waals surface area (Å²) < 4.78 is 60.0. The van der Waals surface area contributed by atoms with Crippen LogP contribution in [0.5, 0.6) is 5.75 Å². The maximum Gasteiger partial charge on any atom is 0.243 e. The van der Waals surface area contributed by atoms with Crippen LogP contribution < -0.4 is 10.1 Å². The highest BCUT2D eigenvalue weighted by Crippen LogP contribution is 2.30. The average molecular weight is 570 g/mol. The van der Waals surface area contributed by atoms with E-state index in [1.165, 1.54) is 26.8 Å². The lowest BCUT2D eigenvalue weighted by atomic mass is 9.99. The summed E-state index contributed by atoms with van der Waals surface area (Å²) in [5, 5.41) is 3.08. The number of carbonyl (C=O) groups excluding carboxylic acids is 1. The van der Waals surface area contributed by atoms with Crippen molar-refractivity contribution in [3.05, 3.63) is 53.1 Å². The zero-order valence-electron chi connectivity index (χ0n) is 20.7. The Morgan fingerprint density at radius 1 is 0.946 bits per heavy atom. The molecule has 4 rings (SSSR count). The van der Waals surface area contributed by atoms with Gasteiger partial charge in [-0.2, -0.15) is 8.61 Å². The largest absolute Gasteiger partial charge is 0.492 e. The van der Waals surface area contributed by atoms with Gasteiger partial charge in [0.05, 0.1) is 27.3 Å². The smallest absolute Gasteiger partial charge is 0.243 e. The molecule has 2 aromatic carbocycles. The van der Waals surface area contributed by atoms with Crippen molar-refractivity contribution in [2.24, 2.45) is 5.92 Å². The number of carbonyl (C=O) groups is 1. The normalized spacial score (nSPS) is 19.6. The van der Waals surface area contributed by atoms with Crippen LogP contribution in [0.1, 0.15) is 38.2 Å². The summed E-state index contributed by atoms with van der Waals surface area (Å²) in [7, 11) is -7.31. The molecule has 2 saturated heterocycles. The van der Waals surface area contributed by atoms with E-state index in [0.717, 1.165) is 18.4 Å². The van der Waals surface area contributed by atoms with Crippen LogP contribution in [0.25, 0.3) is 0 Å². The van der Waals surface area contributed by atoms with E-state index >= 15 is 0 Å². The number of piperidine rings is 1. The zero-order valence-corrected chi connectivity index (χ0v) is 23.1. The number of halogens is 1. The van der Waals surface area contributed by atoms with Gasteiger partial charge in [0.25, 0.3) is 0 Å². The molecule has 37 heavy (non-hydrogen) atoms. The Hall–Kier alpha value is -2.18. The van der Waals surface area contributed by atoms with Crippen molar-refractivity contribution in [2.45, 2.75) is 48.9 Å². The molecule has 0 saturated carbocycles. The predicted octanol–water partition coefficient (Wildman–Crippen LogP) is 3.24. The average Bonchev–Trinajstić information content (AvgIpc) is 3.45. The first-order chi connectivity index (χ1) is 17.6. The topological polar surface area (TPSA) is 113 Å². The molecule has 2 aromatic rings. The lowest BCUT2D eigenvalue weighted by molar-refractivity contribution is -0.126. The molecule has 0 bridgehead atoms. The van der Waals surface area contributed by atoms with E-state index in [-0.39, 0.29) is 33.8 Å². The van der Waals surface area contributed by atoms with Gasteiger partial charge < -0.3 is 10.1 Å². The number of nitrogens with zero attached hydrogens (tertiary/aromatic N) is 2. The molecule has 1 N–H and O–H groups in total. The Labute approximate surface area is 223 Å². The second-order valence-electron chi connectivity index (χ2n) is 9.20. The van der Waals surface area contributed by atoms with Crippen LogP contribution in [0.4, 0.5) is 0 Å². The van der Waals surface area contributed by atoms with Crippen LogP contribution in [0.15, 0.2) is 52.3 Å². The lowest BCUT2D eigenvalue weighted by Gasteiger charge is -2.31. The van der Waals surface area contributed by atoms with E-state index in [9.17, 15) is 21.6 Å². The highest BCUT2D eigenvalue weighted by atomic mass is 35.5. The number of ether oxygens (including phenoxy) is 1. The van der Waals surface area contributed by atoms with Crippen molar-refractivity contribution in [2.75, 3.05) is 32.8 Å². The number of hydrogen-bond donors (Lipinski definition) is 1. The number of benzene rings is 2. The third-order valence-electron chi connectivity index (χ3n) is 6.69. The molecule has 2 heterocycles. The van der Waals surface area contributed by atoms with Crippen molar-refractivity contribution in [1.82, 2.24) is 13.9 Å². The zero-order chi connectivity index (χ0) is 26.6. The molecule has 1 amide bonds. The molecule has 0 spiro atoms. The Balaban J connectivity index is 1.36. The van der Waals surface area contributed by atoms with Crippen LogP contribution in [0.3, 0.4) is 0 Å². The number of rotatable bonds is 9. The Morgan fingerprint density at radius 2 is 1.57 bits per heavy atom. The summed E-state index contributed by atoms with van der Waals surface area (Å²) in [6.45, 7) is 3.93. The second kappa shape index (κ2) is 11.7. The third kappa shape index (κ3) is 6.28. The quantitative estimate of drug-likeness (QED) is 0.496. The summed E-state index contributed by atoms with van der Waals surface area (Å²) in [6, 6.07) is 10.9. The van der Waals surface area contributed by atoms with Gasteiger partial charge in [0.1, 0.15) is 5.75 Å². The molecule has 2 aliphatic heterocycles. The van der Waals surface area contributed by atoms with Crippen LogP contribution in [-0.4, -0.2) is 64.1 Å². The van der Waals surface area contributed by atoms with Crippen LogP contribution >= 0.6 is 11.6 Å². The van der Waals surface area contributed by atoms with Gasteiger partial charge in [-0.05, 0) is 68.5 Å². The van der Waals surface area contributed by atoms with Crippen LogP contribution in [-0.2, 0) is 31.4 Å². The third-order valence-corrected chi connectivity index (χ3v) is 10.8. The molecule has 0 aliphatic carbocycles. The van der Waals surface area contributed by atoms with E-state index < -0.39 is 26.0 Å². The maximum absolute atomic E-state index is 13.2. The molecule has 2 aliphatic rings. The van der Waals surface area contributed by atoms with E-state index in [4.69, 9.17) is 16.3 Å². The van der Waals surface area contributed by atoms with E-state index in [1.807, 2.05) is 6.92 Å². The minimum absolute atomic E-state index is 0.0611. The number of sulfonamides is 2. The van der Waals surface area contributed by atoms with Crippen molar-refractivity contribution >= 4 is 37.6 Å². The first-order valence-electron chi connectivity index (χ1n) is 12.4. The second-order valence-corrected chi connectivity index (χ2v) is 13.5. The van der Waals surface area contributed by atoms with Gasteiger partial charge in [0.15, 0.2) is 0 Å². The van der Waals surface area contributed by atoms with E-state index in [0.29, 0.717) is 44.8 Å². The Kier molecular flexibility index (Phi) is 8.80. The number of amides is 1. The first-order valence-corrected chi connectivity index (χ1v) is 15.7. The molecule has 12 heteroatoms. The van der Waals surface area contributed by atoms with Crippen LogP contribution in [0.2, 0.25) is 5.02 Å². The van der Waals surface area contributed by atoms with E-state index in [2.05, 4.69) is 5.32 Å². The summed E-state index contributed by atoms with van der Waals surface area (Å²) in [5.74, 6) is -0.310. The summed E-state index contributed by atoms with van der Waals surface area (Å²) in [4.78, 5) is 13.2. The van der Waals surface area contributed by atoms with Gasteiger partial charge >= 0.3 is 0 Å². The van der Waals surface area contributed by atoms with Crippen LogP contribution in [0, 0.1) is 5.92 Å². The standard InChI is InChI=1S/C25H32ClN3O6S2/c1-2-35-24-12-11-22(16-23(24)26)37(33,34)29-15-5-6-20(18-29)25(30)27-17-19-7-9-21(10-8-19)36(31,32)28-13-3-4-14-28/h7-12,16,20H,2-6,13-15,17-18H2,1H3,(H,27,30)/t20-/m0/s1. The summed E-state index contributed by atoms with van der Waals surface area (Å²) in [6.07, 6.45) is 2.88. The van der Waals surface area contributed by atoms with Gasteiger partial charge in [-0.15, -0.1) is 0 Å². The van der Waals surface area contributed by atoms with Crippen molar-refractivity contribution in [3.8, 4) is 5.75 Å².